The van der Waals surface area contributed by atoms with Gasteiger partial charge in [-0.3, -0.25) is 14.6 Å². The first kappa shape index (κ1) is 21.5. The van der Waals surface area contributed by atoms with Crippen LogP contribution >= 0.6 is 22.7 Å². The van der Waals surface area contributed by atoms with Crippen molar-refractivity contribution in [3.05, 3.63) is 75.2 Å². The van der Waals surface area contributed by atoms with E-state index in [1.54, 1.807) is 12.4 Å². The molecule has 3 N–H and O–H groups in total. The van der Waals surface area contributed by atoms with Crippen molar-refractivity contribution >= 4 is 39.5 Å². The van der Waals surface area contributed by atoms with E-state index in [1.807, 2.05) is 43.3 Å². The van der Waals surface area contributed by atoms with Gasteiger partial charge in [0.1, 0.15) is 10.0 Å². The summed E-state index contributed by atoms with van der Waals surface area (Å²) in [6, 6.07) is 11.9. The molecule has 8 heteroatoms. The highest BCUT2D eigenvalue weighted by Gasteiger charge is 2.26. The van der Waals surface area contributed by atoms with Crippen LogP contribution in [0.15, 0.2) is 48.8 Å². The van der Waals surface area contributed by atoms with Gasteiger partial charge in [0.2, 0.25) is 5.91 Å². The van der Waals surface area contributed by atoms with Crippen molar-refractivity contribution in [2.75, 3.05) is 5.32 Å². The van der Waals surface area contributed by atoms with Crippen LogP contribution in [0.3, 0.4) is 0 Å². The molecule has 0 saturated carbocycles. The minimum Gasteiger partial charge on any atom is -0.365 e. The summed E-state index contributed by atoms with van der Waals surface area (Å²) in [7, 11) is 0. The van der Waals surface area contributed by atoms with Gasteiger partial charge in [-0.1, -0.05) is 29.8 Å². The molecule has 1 aliphatic rings. The van der Waals surface area contributed by atoms with Crippen molar-refractivity contribution < 1.29 is 9.59 Å². The van der Waals surface area contributed by atoms with Crippen molar-refractivity contribution in [2.24, 2.45) is 5.73 Å². The number of aryl methyl sites for hydroxylation is 2. The van der Waals surface area contributed by atoms with E-state index in [0.29, 0.717) is 10.6 Å². The zero-order valence-corrected chi connectivity index (χ0v) is 19.7. The molecule has 0 spiro atoms. The Morgan fingerprint density at radius 1 is 1.09 bits per heavy atom. The first-order chi connectivity index (χ1) is 16.0. The Labute approximate surface area is 199 Å². The summed E-state index contributed by atoms with van der Waals surface area (Å²) < 4.78 is 0. The van der Waals surface area contributed by atoms with Gasteiger partial charge in [-0.2, -0.15) is 0 Å². The Kier molecular flexibility index (Phi) is 5.78. The van der Waals surface area contributed by atoms with Crippen molar-refractivity contribution in [3.8, 4) is 21.8 Å². The van der Waals surface area contributed by atoms with E-state index in [0.717, 1.165) is 62.0 Å². The van der Waals surface area contributed by atoms with E-state index >= 15 is 0 Å². The summed E-state index contributed by atoms with van der Waals surface area (Å²) in [6.07, 6.45) is 6.43. The summed E-state index contributed by atoms with van der Waals surface area (Å²) >= 11 is 2.95. The van der Waals surface area contributed by atoms with E-state index in [1.165, 1.54) is 22.7 Å². The van der Waals surface area contributed by atoms with Gasteiger partial charge in [0.25, 0.3) is 5.91 Å². The summed E-state index contributed by atoms with van der Waals surface area (Å²) in [5, 5.41) is 4.33. The molecule has 0 atom stereocenters. The second-order valence-electron chi connectivity index (χ2n) is 8.05. The standard InChI is InChI=1S/C25H22N4O2S2/c1-14-7-9-15(10-8-14)22-19(33-24(29-22)16-4-3-11-27-13-16)12-20(30)28-25-21(23(26)31)17-5-2-6-18(17)32-25/h3-4,7-11,13H,2,5-6,12H2,1H3,(H2,26,31)(H,28,30). The van der Waals surface area contributed by atoms with Gasteiger partial charge in [0.15, 0.2) is 0 Å². The average Bonchev–Trinajstić information content (AvgIpc) is 3.49. The molecule has 6 nitrogen and oxygen atoms in total. The highest BCUT2D eigenvalue weighted by molar-refractivity contribution is 7.17. The summed E-state index contributed by atoms with van der Waals surface area (Å²) in [5.41, 5.74) is 10.9. The fourth-order valence-corrected chi connectivity index (χ4v) is 6.47. The number of primary amides is 1. The van der Waals surface area contributed by atoms with Gasteiger partial charge in [0, 0.05) is 33.3 Å². The highest BCUT2D eigenvalue weighted by Crippen LogP contribution is 2.39. The number of thiophene rings is 1. The topological polar surface area (TPSA) is 98.0 Å². The maximum Gasteiger partial charge on any atom is 0.251 e. The SMILES string of the molecule is Cc1ccc(-c2nc(-c3cccnc3)sc2CC(=O)Nc2sc3c(c2C(N)=O)CCC3)cc1. The van der Waals surface area contributed by atoms with Crippen LogP contribution < -0.4 is 11.1 Å². The minimum absolute atomic E-state index is 0.155. The van der Waals surface area contributed by atoms with Crippen molar-refractivity contribution in [2.45, 2.75) is 32.6 Å². The number of nitrogens with one attached hydrogen (secondary N) is 1. The fourth-order valence-electron chi connectivity index (χ4n) is 4.09. The number of nitrogens with two attached hydrogens (primary N) is 1. The Hall–Kier alpha value is -3.36. The molecule has 0 aliphatic heterocycles. The first-order valence-electron chi connectivity index (χ1n) is 10.7. The molecule has 5 rings (SSSR count). The summed E-state index contributed by atoms with van der Waals surface area (Å²) in [4.78, 5) is 36.2. The number of hydrogen-bond donors (Lipinski definition) is 2. The summed E-state index contributed by atoms with van der Waals surface area (Å²) in [5.74, 6) is -0.672. The quantitative estimate of drug-likeness (QED) is 0.410. The zero-order valence-electron chi connectivity index (χ0n) is 18.1. The van der Waals surface area contributed by atoms with E-state index in [-0.39, 0.29) is 12.3 Å². The third-order valence-electron chi connectivity index (χ3n) is 5.67. The van der Waals surface area contributed by atoms with Crippen LogP contribution in [0, 0.1) is 6.92 Å². The number of pyridine rings is 1. The van der Waals surface area contributed by atoms with Gasteiger partial charge < -0.3 is 11.1 Å². The van der Waals surface area contributed by atoms with Crippen LogP contribution in [0.4, 0.5) is 5.00 Å². The number of aromatic nitrogens is 2. The number of anilines is 1. The van der Waals surface area contributed by atoms with Gasteiger partial charge in [-0.15, -0.1) is 22.7 Å². The number of carbonyl (C=O) groups is 2. The molecule has 2 amide bonds. The molecule has 3 aromatic heterocycles. The predicted molar refractivity (Wildman–Crippen MR) is 133 cm³/mol. The minimum atomic E-state index is -0.485. The molecule has 4 aromatic rings. The van der Waals surface area contributed by atoms with Crippen LogP contribution in [0.25, 0.3) is 21.8 Å². The van der Waals surface area contributed by atoms with Gasteiger partial charge in [-0.25, -0.2) is 4.98 Å². The predicted octanol–water partition coefficient (Wildman–Crippen LogP) is 5.01. The number of benzene rings is 1. The Bertz CT molecular complexity index is 1340. The average molecular weight is 475 g/mol. The van der Waals surface area contributed by atoms with Crippen LogP contribution in [-0.2, 0) is 24.1 Å². The molecular formula is C25H22N4O2S2. The number of fused-ring (bicyclic) bond motifs is 1. The molecule has 0 unspecified atom stereocenters. The third kappa shape index (κ3) is 4.31. The number of thiazole rings is 1. The largest absolute Gasteiger partial charge is 0.365 e. The number of nitrogens with zero attached hydrogens (tertiary/aromatic N) is 2. The number of amides is 2. The lowest BCUT2D eigenvalue weighted by atomic mass is 10.1. The van der Waals surface area contributed by atoms with E-state index < -0.39 is 5.91 Å². The van der Waals surface area contributed by atoms with E-state index in [9.17, 15) is 9.59 Å². The number of hydrogen-bond acceptors (Lipinski definition) is 6. The molecule has 0 bridgehead atoms. The second kappa shape index (κ2) is 8.88. The smallest absolute Gasteiger partial charge is 0.251 e. The van der Waals surface area contributed by atoms with Crippen LogP contribution in [0.2, 0.25) is 0 Å². The lowest BCUT2D eigenvalue weighted by Gasteiger charge is -2.07. The lowest BCUT2D eigenvalue weighted by molar-refractivity contribution is -0.115. The molecule has 0 radical (unpaired) electrons. The fraction of sp³-hybridized carbons (Fsp3) is 0.200. The molecule has 0 saturated heterocycles. The lowest BCUT2D eigenvalue weighted by Crippen LogP contribution is -2.18. The molecule has 166 valence electrons. The molecular weight excluding hydrogens is 452 g/mol. The monoisotopic (exact) mass is 474 g/mol. The Morgan fingerprint density at radius 2 is 1.91 bits per heavy atom. The third-order valence-corrected chi connectivity index (χ3v) is 7.98. The van der Waals surface area contributed by atoms with Crippen LogP contribution in [0.1, 0.15) is 37.7 Å². The van der Waals surface area contributed by atoms with Crippen LogP contribution in [0.5, 0.6) is 0 Å². The zero-order chi connectivity index (χ0) is 22.9. The maximum atomic E-state index is 13.1. The number of rotatable bonds is 6. The van der Waals surface area contributed by atoms with Crippen molar-refractivity contribution in [1.82, 2.24) is 9.97 Å². The van der Waals surface area contributed by atoms with E-state index in [2.05, 4.69) is 10.3 Å². The normalized spacial score (nSPS) is 12.5. The summed E-state index contributed by atoms with van der Waals surface area (Å²) in [6.45, 7) is 2.04. The maximum absolute atomic E-state index is 13.1. The molecule has 1 aromatic carbocycles. The molecule has 33 heavy (non-hydrogen) atoms. The van der Waals surface area contributed by atoms with Gasteiger partial charge >= 0.3 is 0 Å². The van der Waals surface area contributed by atoms with E-state index in [4.69, 9.17) is 10.7 Å². The second-order valence-corrected chi connectivity index (χ2v) is 10.2. The van der Waals surface area contributed by atoms with Gasteiger partial charge in [0.05, 0.1) is 17.7 Å². The van der Waals surface area contributed by atoms with Crippen molar-refractivity contribution in [1.29, 1.82) is 0 Å². The van der Waals surface area contributed by atoms with Crippen molar-refractivity contribution in [3.63, 3.8) is 0 Å². The molecule has 1 aliphatic carbocycles. The molecule has 3 heterocycles. The highest BCUT2D eigenvalue weighted by atomic mass is 32.1. The number of carbonyl (C=O) groups excluding carboxylic acids is 2. The Balaban J connectivity index is 1.46. The Morgan fingerprint density at radius 3 is 2.64 bits per heavy atom. The first-order valence-corrected chi connectivity index (χ1v) is 12.3. The van der Waals surface area contributed by atoms with Gasteiger partial charge in [-0.05, 0) is 43.9 Å². The van der Waals surface area contributed by atoms with Crippen LogP contribution in [-0.4, -0.2) is 21.8 Å². The molecule has 0 fully saturated rings.